The van der Waals surface area contributed by atoms with E-state index in [1.165, 1.54) is 24.4 Å². The first-order valence-corrected chi connectivity index (χ1v) is 13.7. The van der Waals surface area contributed by atoms with E-state index in [1.54, 1.807) is 43.3 Å². The fourth-order valence-corrected chi connectivity index (χ4v) is 6.05. The topological polar surface area (TPSA) is 66.9 Å². The highest BCUT2D eigenvalue weighted by Gasteiger charge is 2.40. The molecule has 2 aliphatic heterocycles. The van der Waals surface area contributed by atoms with E-state index in [9.17, 15) is 17.6 Å². The van der Waals surface area contributed by atoms with Gasteiger partial charge in [0.2, 0.25) is 0 Å². The SMILES string of the molecule is CCOC(=O)/C=C1\[C@@H]2C=Cc3cc(C)ccc3N2C(c2ccc(F)cc2)=CN1S(=O)(=O)c1ccc(C)cc1. The molecule has 38 heavy (non-hydrogen) atoms. The summed E-state index contributed by atoms with van der Waals surface area (Å²) in [6, 6.07) is 17.7. The maximum Gasteiger partial charge on any atom is 0.332 e. The lowest BCUT2D eigenvalue weighted by Crippen LogP contribution is -2.47. The molecule has 194 valence electrons. The van der Waals surface area contributed by atoms with Crippen molar-refractivity contribution in [2.45, 2.75) is 31.7 Å². The van der Waals surface area contributed by atoms with Crippen molar-refractivity contribution >= 4 is 33.5 Å². The molecule has 8 heteroatoms. The molecule has 2 aliphatic rings. The zero-order valence-corrected chi connectivity index (χ0v) is 22.1. The number of benzene rings is 3. The van der Waals surface area contributed by atoms with Crippen molar-refractivity contribution in [1.29, 1.82) is 0 Å². The maximum absolute atomic E-state index is 14.0. The van der Waals surface area contributed by atoms with Crippen molar-refractivity contribution in [3.63, 3.8) is 0 Å². The first kappa shape index (κ1) is 25.5. The summed E-state index contributed by atoms with van der Waals surface area (Å²) in [6.45, 7) is 5.71. The quantitative estimate of drug-likeness (QED) is 0.308. The van der Waals surface area contributed by atoms with Crippen LogP contribution in [0.3, 0.4) is 0 Å². The van der Waals surface area contributed by atoms with E-state index in [0.717, 1.165) is 26.7 Å². The number of anilines is 1. The number of hydrogen-bond acceptors (Lipinski definition) is 5. The van der Waals surface area contributed by atoms with E-state index in [4.69, 9.17) is 4.74 Å². The number of carbonyl (C=O) groups is 1. The molecule has 0 saturated heterocycles. The fourth-order valence-electron chi connectivity index (χ4n) is 4.67. The lowest BCUT2D eigenvalue weighted by molar-refractivity contribution is -0.137. The van der Waals surface area contributed by atoms with Crippen molar-refractivity contribution < 1.29 is 22.3 Å². The van der Waals surface area contributed by atoms with Crippen LogP contribution in [0.2, 0.25) is 0 Å². The van der Waals surface area contributed by atoms with E-state index >= 15 is 0 Å². The molecule has 2 heterocycles. The average Bonchev–Trinajstić information content (AvgIpc) is 2.89. The Bertz CT molecular complexity index is 1590. The number of fused-ring (bicyclic) bond motifs is 3. The minimum atomic E-state index is -4.13. The normalized spacial score (nSPS) is 17.6. The van der Waals surface area contributed by atoms with Gasteiger partial charge in [0.25, 0.3) is 10.0 Å². The number of sulfonamides is 1. The van der Waals surface area contributed by atoms with E-state index < -0.39 is 27.9 Å². The summed E-state index contributed by atoms with van der Waals surface area (Å²) in [4.78, 5) is 14.7. The van der Waals surface area contributed by atoms with Crippen LogP contribution in [0, 0.1) is 19.7 Å². The summed E-state index contributed by atoms with van der Waals surface area (Å²) in [5.41, 5.74) is 5.15. The lowest BCUT2D eigenvalue weighted by Gasteiger charge is -2.45. The molecule has 1 atom stereocenters. The molecule has 0 saturated carbocycles. The number of ether oxygens (including phenoxy) is 1. The summed E-state index contributed by atoms with van der Waals surface area (Å²) in [5, 5.41) is 0. The largest absolute Gasteiger partial charge is 0.463 e. The Morgan fingerprint density at radius 2 is 1.68 bits per heavy atom. The Balaban J connectivity index is 1.78. The minimum Gasteiger partial charge on any atom is -0.463 e. The molecule has 0 aliphatic carbocycles. The van der Waals surface area contributed by atoms with Gasteiger partial charge in [0.1, 0.15) is 5.82 Å². The van der Waals surface area contributed by atoms with Crippen LogP contribution in [0.1, 0.15) is 29.2 Å². The van der Waals surface area contributed by atoms with Crippen LogP contribution in [0.4, 0.5) is 10.1 Å². The van der Waals surface area contributed by atoms with Gasteiger partial charge in [-0.25, -0.2) is 21.9 Å². The van der Waals surface area contributed by atoms with E-state index in [2.05, 4.69) is 0 Å². The van der Waals surface area contributed by atoms with Gasteiger partial charge < -0.3 is 9.64 Å². The molecule has 0 fully saturated rings. The summed E-state index contributed by atoms with van der Waals surface area (Å²) in [6.07, 6.45) is 6.51. The summed E-state index contributed by atoms with van der Waals surface area (Å²) >= 11 is 0. The van der Waals surface area contributed by atoms with E-state index in [0.29, 0.717) is 11.3 Å². The second kappa shape index (κ2) is 9.95. The molecule has 0 aromatic heterocycles. The zero-order chi connectivity index (χ0) is 27.0. The molecule has 0 unspecified atom stereocenters. The van der Waals surface area contributed by atoms with Crippen LogP contribution in [0.25, 0.3) is 11.8 Å². The first-order valence-electron chi connectivity index (χ1n) is 12.2. The molecule has 6 nitrogen and oxygen atoms in total. The van der Waals surface area contributed by atoms with Crippen molar-refractivity contribution in [3.05, 3.63) is 119 Å². The van der Waals surface area contributed by atoms with Gasteiger partial charge in [-0.15, -0.1) is 0 Å². The smallest absolute Gasteiger partial charge is 0.332 e. The van der Waals surface area contributed by atoms with Crippen molar-refractivity contribution in [2.75, 3.05) is 11.5 Å². The minimum absolute atomic E-state index is 0.0804. The molecule has 0 bridgehead atoms. The Morgan fingerprint density at radius 3 is 2.37 bits per heavy atom. The van der Waals surface area contributed by atoms with Crippen molar-refractivity contribution in [3.8, 4) is 0 Å². The van der Waals surface area contributed by atoms with Gasteiger partial charge in [0, 0.05) is 18.0 Å². The van der Waals surface area contributed by atoms with Gasteiger partial charge >= 0.3 is 5.97 Å². The predicted octanol–water partition coefficient (Wildman–Crippen LogP) is 5.79. The highest BCUT2D eigenvalue weighted by atomic mass is 32.2. The Labute approximate surface area is 222 Å². The van der Waals surface area contributed by atoms with Crippen molar-refractivity contribution in [1.82, 2.24) is 4.31 Å². The fraction of sp³-hybridized carbons (Fsp3) is 0.167. The third kappa shape index (κ3) is 4.63. The van der Waals surface area contributed by atoms with Gasteiger partial charge in [-0.2, -0.15) is 0 Å². The van der Waals surface area contributed by atoms with Crippen LogP contribution >= 0.6 is 0 Å². The number of carbonyl (C=O) groups excluding carboxylic acids is 1. The molecule has 0 spiro atoms. The van der Waals surface area contributed by atoms with Gasteiger partial charge in [-0.05, 0) is 80.4 Å². The van der Waals surface area contributed by atoms with Gasteiger partial charge in [-0.1, -0.05) is 41.5 Å². The maximum atomic E-state index is 14.0. The number of hydrogen-bond donors (Lipinski definition) is 0. The lowest BCUT2D eigenvalue weighted by atomic mass is 9.95. The number of nitrogens with zero attached hydrogens (tertiary/aromatic N) is 2. The third-order valence-electron chi connectivity index (χ3n) is 6.51. The van der Waals surface area contributed by atoms with E-state index in [-0.39, 0.29) is 17.2 Å². The Kier molecular flexibility index (Phi) is 6.67. The second-order valence-electron chi connectivity index (χ2n) is 9.19. The van der Waals surface area contributed by atoms with Crippen LogP contribution in [0.15, 0.2) is 95.7 Å². The van der Waals surface area contributed by atoms with Crippen LogP contribution in [-0.4, -0.2) is 31.3 Å². The van der Waals surface area contributed by atoms with Crippen LogP contribution in [0.5, 0.6) is 0 Å². The zero-order valence-electron chi connectivity index (χ0n) is 21.3. The van der Waals surface area contributed by atoms with Crippen LogP contribution in [-0.2, 0) is 19.6 Å². The Morgan fingerprint density at radius 1 is 1.00 bits per heavy atom. The van der Waals surface area contributed by atoms with Gasteiger partial charge in [-0.3, -0.25) is 0 Å². The molecule has 5 rings (SSSR count). The average molecular weight is 531 g/mol. The number of halogens is 1. The summed E-state index contributed by atoms with van der Waals surface area (Å²) in [7, 11) is -4.13. The molecule has 3 aromatic carbocycles. The highest BCUT2D eigenvalue weighted by molar-refractivity contribution is 7.89. The van der Waals surface area contributed by atoms with Crippen molar-refractivity contribution in [2.24, 2.45) is 0 Å². The predicted molar refractivity (Wildman–Crippen MR) is 146 cm³/mol. The molecule has 3 aromatic rings. The molecule has 0 N–H and O–H groups in total. The van der Waals surface area contributed by atoms with E-state index in [1.807, 2.05) is 49.1 Å². The molecule has 0 amide bonds. The summed E-state index contributed by atoms with van der Waals surface area (Å²) in [5.74, 6) is -1.04. The molecular weight excluding hydrogens is 503 g/mol. The van der Waals surface area contributed by atoms with Gasteiger partial charge in [0.15, 0.2) is 0 Å². The monoisotopic (exact) mass is 530 g/mol. The summed E-state index contributed by atoms with van der Waals surface area (Å²) < 4.78 is 48.2. The second-order valence-corrected chi connectivity index (χ2v) is 11.0. The highest BCUT2D eigenvalue weighted by Crippen LogP contribution is 2.43. The number of esters is 1. The Hall–Kier alpha value is -4.17. The third-order valence-corrected chi connectivity index (χ3v) is 8.21. The van der Waals surface area contributed by atoms with Crippen LogP contribution < -0.4 is 4.90 Å². The number of rotatable bonds is 5. The molecule has 0 radical (unpaired) electrons. The number of aryl methyl sites for hydroxylation is 2. The first-order chi connectivity index (χ1) is 18.2. The standard InChI is InChI=1S/C30H27FN2O4S/c1-4-37-30(34)18-28-27-16-10-23-17-21(3)7-15-26(23)33(27)29(22-8-11-24(31)12-9-22)19-32(28)38(35,36)25-13-5-20(2)6-14-25/h5-19,27H,4H2,1-3H3/b28-18+/t27-/m0/s1. The molecular formula is C30H27FN2O4S. The van der Waals surface area contributed by atoms with Gasteiger partial charge in [0.05, 0.1) is 28.9 Å².